The van der Waals surface area contributed by atoms with Crippen molar-refractivity contribution in [1.82, 2.24) is 4.90 Å². The maximum atomic E-state index is 13.8. The molecule has 1 N–H and O–H groups in total. The fourth-order valence-electron chi connectivity index (χ4n) is 4.27. The Morgan fingerprint density at radius 3 is 2.06 bits per heavy atom. The second kappa shape index (κ2) is 10.8. The highest BCUT2D eigenvalue weighted by molar-refractivity contribution is 5.98. The van der Waals surface area contributed by atoms with Crippen LogP contribution in [0.1, 0.15) is 22.7 Å². The lowest BCUT2D eigenvalue weighted by atomic mass is 10.0. The summed E-state index contributed by atoms with van der Waals surface area (Å²) in [5.74, 6) is 0.763. The number of hydrogen-bond donors (Lipinski definition) is 1. The first-order chi connectivity index (χ1) is 17.7. The molecule has 180 valence electrons. The molecule has 0 bridgehead atoms. The van der Waals surface area contributed by atoms with Gasteiger partial charge in [-0.1, -0.05) is 91.0 Å². The second-order valence-corrected chi connectivity index (χ2v) is 8.54. The van der Waals surface area contributed by atoms with Crippen LogP contribution < -0.4 is 14.8 Å². The van der Waals surface area contributed by atoms with Gasteiger partial charge < -0.3 is 19.7 Å². The Labute approximate surface area is 210 Å². The molecule has 36 heavy (non-hydrogen) atoms. The standard InChI is InChI=1S/C30H26N2O4/c33-28(18-22-10-4-1-5-11-22)32(20-23-12-6-2-7-13-23)29(24-14-8-3-9-15-24)30(34)31-25-16-17-26-27(19-25)36-21-35-26/h1-17,19,29H,18,20-21H2,(H,31,34). The van der Waals surface area contributed by atoms with Gasteiger partial charge in [-0.3, -0.25) is 9.59 Å². The van der Waals surface area contributed by atoms with E-state index in [9.17, 15) is 9.59 Å². The highest BCUT2D eigenvalue weighted by Crippen LogP contribution is 2.35. The number of carbonyl (C=O) groups excluding carboxylic acids is 2. The Hall–Kier alpha value is -4.58. The maximum Gasteiger partial charge on any atom is 0.251 e. The van der Waals surface area contributed by atoms with Crippen molar-refractivity contribution in [1.29, 1.82) is 0 Å². The van der Waals surface area contributed by atoms with Crippen LogP contribution in [0.2, 0.25) is 0 Å². The SMILES string of the molecule is O=C(Nc1ccc2c(c1)OCO2)C(c1ccccc1)N(Cc1ccccc1)C(=O)Cc1ccccc1. The Bertz CT molecular complexity index is 1330. The molecule has 4 aromatic carbocycles. The first-order valence-electron chi connectivity index (χ1n) is 11.8. The summed E-state index contributed by atoms with van der Waals surface area (Å²) in [6, 6.07) is 33.1. The van der Waals surface area contributed by atoms with Gasteiger partial charge in [0.05, 0.1) is 6.42 Å². The average Bonchev–Trinajstić information content (AvgIpc) is 3.38. The zero-order valence-electron chi connectivity index (χ0n) is 19.7. The van der Waals surface area contributed by atoms with E-state index in [0.717, 1.165) is 16.7 Å². The van der Waals surface area contributed by atoms with Crippen molar-refractivity contribution in [2.45, 2.75) is 19.0 Å². The number of anilines is 1. The summed E-state index contributed by atoms with van der Waals surface area (Å²) < 4.78 is 10.8. The van der Waals surface area contributed by atoms with E-state index in [1.165, 1.54) is 0 Å². The van der Waals surface area contributed by atoms with Crippen molar-refractivity contribution in [2.75, 3.05) is 12.1 Å². The predicted octanol–water partition coefficient (Wildman–Crippen LogP) is 5.37. The van der Waals surface area contributed by atoms with Crippen molar-refractivity contribution in [3.8, 4) is 11.5 Å². The number of nitrogens with one attached hydrogen (secondary N) is 1. The van der Waals surface area contributed by atoms with Crippen molar-refractivity contribution >= 4 is 17.5 Å². The van der Waals surface area contributed by atoms with Gasteiger partial charge in [-0.2, -0.15) is 0 Å². The molecule has 0 aliphatic carbocycles. The second-order valence-electron chi connectivity index (χ2n) is 8.54. The van der Waals surface area contributed by atoms with E-state index >= 15 is 0 Å². The van der Waals surface area contributed by atoms with Crippen molar-refractivity contribution in [2.24, 2.45) is 0 Å². The van der Waals surface area contributed by atoms with Crippen molar-refractivity contribution in [3.63, 3.8) is 0 Å². The third kappa shape index (κ3) is 5.39. The summed E-state index contributed by atoms with van der Waals surface area (Å²) >= 11 is 0. The third-order valence-electron chi connectivity index (χ3n) is 6.03. The average molecular weight is 479 g/mol. The van der Waals surface area contributed by atoms with Crippen LogP contribution in [0.5, 0.6) is 11.5 Å². The van der Waals surface area contributed by atoms with Gasteiger partial charge in [-0.25, -0.2) is 0 Å². The zero-order valence-corrected chi connectivity index (χ0v) is 19.7. The number of amides is 2. The van der Waals surface area contributed by atoms with Crippen LogP contribution in [0.15, 0.2) is 109 Å². The summed E-state index contributed by atoms with van der Waals surface area (Å²) in [6.07, 6.45) is 0.189. The summed E-state index contributed by atoms with van der Waals surface area (Å²) in [7, 11) is 0. The monoisotopic (exact) mass is 478 g/mol. The quantitative estimate of drug-likeness (QED) is 0.370. The van der Waals surface area contributed by atoms with Gasteiger partial charge in [-0.15, -0.1) is 0 Å². The van der Waals surface area contributed by atoms with Crippen molar-refractivity contribution in [3.05, 3.63) is 126 Å². The molecule has 0 saturated carbocycles. The highest BCUT2D eigenvalue weighted by Gasteiger charge is 2.32. The Morgan fingerprint density at radius 1 is 0.750 bits per heavy atom. The molecule has 4 aromatic rings. The lowest BCUT2D eigenvalue weighted by molar-refractivity contribution is -0.139. The van der Waals surface area contributed by atoms with E-state index in [0.29, 0.717) is 23.7 Å². The van der Waals surface area contributed by atoms with E-state index in [1.807, 2.05) is 91.0 Å². The van der Waals surface area contributed by atoms with E-state index in [-0.39, 0.29) is 25.0 Å². The van der Waals surface area contributed by atoms with Crippen LogP contribution in [0.25, 0.3) is 0 Å². The van der Waals surface area contributed by atoms with Gasteiger partial charge in [0.2, 0.25) is 12.7 Å². The largest absolute Gasteiger partial charge is 0.454 e. The molecule has 5 rings (SSSR count). The summed E-state index contributed by atoms with van der Waals surface area (Å²) in [4.78, 5) is 29.2. The number of hydrogen-bond acceptors (Lipinski definition) is 4. The number of fused-ring (bicyclic) bond motifs is 1. The van der Waals surface area contributed by atoms with Crippen LogP contribution in [-0.4, -0.2) is 23.5 Å². The van der Waals surface area contributed by atoms with Crippen LogP contribution >= 0.6 is 0 Å². The molecule has 1 heterocycles. The van der Waals surface area contributed by atoms with Crippen LogP contribution in [0.4, 0.5) is 5.69 Å². The minimum atomic E-state index is -0.840. The fraction of sp³-hybridized carbons (Fsp3) is 0.133. The van der Waals surface area contributed by atoms with Gasteiger partial charge >= 0.3 is 0 Å². The summed E-state index contributed by atoms with van der Waals surface area (Å²) in [5, 5.41) is 2.99. The molecular weight excluding hydrogens is 452 g/mol. The predicted molar refractivity (Wildman–Crippen MR) is 138 cm³/mol. The van der Waals surface area contributed by atoms with E-state index < -0.39 is 6.04 Å². The molecule has 1 unspecified atom stereocenters. The van der Waals surface area contributed by atoms with Gasteiger partial charge in [0, 0.05) is 18.3 Å². The number of ether oxygens (including phenoxy) is 2. The molecule has 1 aliphatic heterocycles. The molecule has 0 fully saturated rings. The number of benzene rings is 4. The first-order valence-corrected chi connectivity index (χ1v) is 11.8. The van der Waals surface area contributed by atoms with E-state index in [1.54, 1.807) is 23.1 Å². The number of carbonyl (C=O) groups is 2. The van der Waals surface area contributed by atoms with Crippen LogP contribution in [-0.2, 0) is 22.6 Å². The van der Waals surface area contributed by atoms with E-state index in [2.05, 4.69) is 5.32 Å². The van der Waals surface area contributed by atoms with Crippen LogP contribution in [0, 0.1) is 0 Å². The lowest BCUT2D eigenvalue weighted by Gasteiger charge is -2.32. The lowest BCUT2D eigenvalue weighted by Crippen LogP contribution is -2.41. The summed E-state index contributed by atoms with van der Waals surface area (Å²) in [6.45, 7) is 0.443. The minimum Gasteiger partial charge on any atom is -0.454 e. The normalized spacial score (nSPS) is 12.6. The van der Waals surface area contributed by atoms with Gasteiger partial charge in [-0.05, 0) is 28.8 Å². The molecule has 0 spiro atoms. The van der Waals surface area contributed by atoms with Gasteiger partial charge in [0.25, 0.3) is 5.91 Å². The van der Waals surface area contributed by atoms with Gasteiger partial charge in [0.15, 0.2) is 11.5 Å². The first kappa shape index (κ1) is 23.2. The molecule has 6 heteroatoms. The topological polar surface area (TPSA) is 67.9 Å². The molecule has 1 aliphatic rings. The Morgan fingerprint density at radius 2 is 1.36 bits per heavy atom. The van der Waals surface area contributed by atoms with E-state index in [4.69, 9.17) is 9.47 Å². The molecule has 0 saturated heterocycles. The Kier molecular flexibility index (Phi) is 6.94. The fourth-order valence-corrected chi connectivity index (χ4v) is 4.27. The number of rotatable bonds is 8. The minimum absolute atomic E-state index is 0.139. The summed E-state index contributed by atoms with van der Waals surface area (Å²) in [5.41, 5.74) is 3.13. The van der Waals surface area contributed by atoms with Crippen molar-refractivity contribution < 1.29 is 19.1 Å². The van der Waals surface area contributed by atoms with Crippen LogP contribution in [0.3, 0.4) is 0 Å². The molecule has 2 amide bonds. The maximum absolute atomic E-state index is 13.8. The molecular formula is C30H26N2O4. The smallest absolute Gasteiger partial charge is 0.251 e. The third-order valence-corrected chi connectivity index (χ3v) is 6.03. The number of nitrogens with zero attached hydrogens (tertiary/aromatic N) is 1. The van der Waals surface area contributed by atoms with Gasteiger partial charge in [0.1, 0.15) is 6.04 Å². The molecule has 0 aromatic heterocycles. The molecule has 1 atom stereocenters. The highest BCUT2D eigenvalue weighted by atomic mass is 16.7. The Balaban J connectivity index is 1.49. The molecule has 6 nitrogen and oxygen atoms in total. The molecule has 0 radical (unpaired) electrons. The zero-order chi connectivity index (χ0) is 24.7.